The second-order valence-corrected chi connectivity index (χ2v) is 11.7. The number of carbonyl (C=O) groups is 1. The molecule has 216 valence electrons. The molecule has 0 saturated carbocycles. The molecule has 1 amide bonds. The fraction of sp³-hybridized carbons (Fsp3) is 0.438. The van der Waals surface area contributed by atoms with Crippen molar-refractivity contribution < 1.29 is 4.79 Å². The molecular weight excluding hydrogens is 534 g/mol. The van der Waals surface area contributed by atoms with Gasteiger partial charge < -0.3 is 19.7 Å². The first-order valence-corrected chi connectivity index (χ1v) is 14.8. The minimum Gasteiger partial charge on any atom is -0.364 e. The Labute approximate surface area is 247 Å². The first kappa shape index (κ1) is 29.0. The summed E-state index contributed by atoms with van der Waals surface area (Å²) >= 11 is 6.04. The molecule has 1 N–H and O–H groups in total. The Morgan fingerprint density at radius 1 is 1.15 bits per heavy atom. The van der Waals surface area contributed by atoms with Gasteiger partial charge in [-0.05, 0) is 94.0 Å². The lowest BCUT2D eigenvalue weighted by Crippen LogP contribution is -2.48. The average molecular weight is 574 g/mol. The number of hydrogen-bond donors (Lipinski definition) is 1. The van der Waals surface area contributed by atoms with Crippen molar-refractivity contribution in [2.75, 3.05) is 24.5 Å². The van der Waals surface area contributed by atoms with Crippen LogP contribution in [0.2, 0.25) is 5.15 Å². The third-order valence-electron chi connectivity index (χ3n) is 8.53. The fourth-order valence-electron chi connectivity index (χ4n) is 6.01. The molecular formula is C32H40ClN7O. The first-order valence-electron chi connectivity index (χ1n) is 14.4. The molecule has 4 aromatic rings. The van der Waals surface area contributed by atoms with Crippen LogP contribution in [0.4, 0.5) is 5.69 Å². The number of nitrogens with zero attached hydrogens (tertiary/aromatic N) is 6. The van der Waals surface area contributed by atoms with Crippen molar-refractivity contribution in [1.82, 2.24) is 29.7 Å². The van der Waals surface area contributed by atoms with Crippen LogP contribution in [0.1, 0.15) is 58.9 Å². The Kier molecular flexibility index (Phi) is 8.90. The second kappa shape index (κ2) is 12.6. The van der Waals surface area contributed by atoms with Crippen LogP contribution in [0, 0.1) is 20.8 Å². The maximum atomic E-state index is 12.8. The van der Waals surface area contributed by atoms with E-state index < -0.39 is 0 Å². The van der Waals surface area contributed by atoms with Gasteiger partial charge in [0.2, 0.25) is 0 Å². The van der Waals surface area contributed by atoms with Crippen LogP contribution in [-0.2, 0) is 13.6 Å². The van der Waals surface area contributed by atoms with E-state index in [1.165, 1.54) is 16.8 Å². The molecule has 8 nitrogen and oxygen atoms in total. The van der Waals surface area contributed by atoms with Gasteiger partial charge in [-0.15, -0.1) is 0 Å². The van der Waals surface area contributed by atoms with Gasteiger partial charge in [0, 0.05) is 63.4 Å². The summed E-state index contributed by atoms with van der Waals surface area (Å²) < 4.78 is 2.06. The van der Waals surface area contributed by atoms with E-state index >= 15 is 0 Å². The SMILES string of the molecule is Cc1ccncc1CN(c1ccc2c(c1)ncn2C)C1CCN([C@H](C)CCNC(=O)c2c(C)cc(Cl)nc2C)CC1. The van der Waals surface area contributed by atoms with Crippen molar-refractivity contribution in [1.29, 1.82) is 0 Å². The van der Waals surface area contributed by atoms with Crippen LogP contribution in [0.25, 0.3) is 11.0 Å². The van der Waals surface area contributed by atoms with Crippen LogP contribution in [0.3, 0.4) is 0 Å². The molecule has 1 aliphatic heterocycles. The molecule has 0 radical (unpaired) electrons. The number of fused-ring (bicyclic) bond motifs is 1. The van der Waals surface area contributed by atoms with E-state index in [0.717, 1.165) is 55.5 Å². The smallest absolute Gasteiger partial charge is 0.253 e. The first-order chi connectivity index (χ1) is 19.7. The standard InChI is InChI=1S/C32H40ClN7O/c1-21-8-12-34-18-25(21)19-40(27-6-7-29-28(17-27)36-20-38(29)5)26-10-14-39(15-11-26)23(3)9-13-35-32(41)31-22(2)16-30(33)37-24(31)4/h6-8,12,16-18,20,23,26H,9-11,13-15,19H2,1-5H3,(H,35,41)/t23-/m1/s1. The number of halogens is 1. The molecule has 4 heterocycles. The van der Waals surface area contributed by atoms with Gasteiger partial charge >= 0.3 is 0 Å². The number of nitrogens with one attached hydrogen (secondary N) is 1. The number of piperidine rings is 1. The lowest BCUT2D eigenvalue weighted by molar-refractivity contribution is 0.0943. The molecule has 5 rings (SSSR count). The van der Waals surface area contributed by atoms with E-state index in [2.05, 4.69) is 72.7 Å². The van der Waals surface area contributed by atoms with Gasteiger partial charge in [-0.2, -0.15) is 0 Å². The lowest BCUT2D eigenvalue weighted by atomic mass is 9.98. The zero-order chi connectivity index (χ0) is 29.1. The topological polar surface area (TPSA) is 79.2 Å². The van der Waals surface area contributed by atoms with Gasteiger partial charge in [0.25, 0.3) is 5.91 Å². The molecule has 1 aromatic carbocycles. The van der Waals surface area contributed by atoms with Crippen molar-refractivity contribution in [3.8, 4) is 0 Å². The van der Waals surface area contributed by atoms with Crippen LogP contribution >= 0.6 is 11.6 Å². The normalized spacial score (nSPS) is 15.3. The van der Waals surface area contributed by atoms with Crippen LogP contribution in [-0.4, -0.2) is 62.0 Å². The Bertz CT molecular complexity index is 1500. The number of pyridine rings is 2. The van der Waals surface area contributed by atoms with Crippen molar-refractivity contribution >= 4 is 34.2 Å². The number of amides is 1. The number of carbonyl (C=O) groups excluding carboxylic acids is 1. The zero-order valence-corrected chi connectivity index (χ0v) is 25.4. The molecule has 0 spiro atoms. The van der Waals surface area contributed by atoms with E-state index in [9.17, 15) is 4.79 Å². The third-order valence-corrected chi connectivity index (χ3v) is 8.73. The van der Waals surface area contributed by atoms with E-state index in [0.29, 0.717) is 35.0 Å². The fourth-order valence-corrected chi connectivity index (χ4v) is 6.30. The summed E-state index contributed by atoms with van der Waals surface area (Å²) in [7, 11) is 2.03. The highest BCUT2D eigenvalue weighted by molar-refractivity contribution is 6.29. The predicted molar refractivity (Wildman–Crippen MR) is 166 cm³/mol. The highest BCUT2D eigenvalue weighted by Gasteiger charge is 2.28. The molecule has 1 aliphatic rings. The number of imidazole rings is 1. The minimum absolute atomic E-state index is 0.0821. The Morgan fingerprint density at radius 3 is 2.66 bits per heavy atom. The number of hydrogen-bond acceptors (Lipinski definition) is 6. The molecule has 41 heavy (non-hydrogen) atoms. The van der Waals surface area contributed by atoms with Crippen LogP contribution in [0.15, 0.2) is 49.1 Å². The quantitative estimate of drug-likeness (QED) is 0.262. The zero-order valence-electron chi connectivity index (χ0n) is 24.7. The molecule has 9 heteroatoms. The Hall–Kier alpha value is -3.49. The Morgan fingerprint density at radius 2 is 1.93 bits per heavy atom. The molecule has 1 saturated heterocycles. The summed E-state index contributed by atoms with van der Waals surface area (Å²) in [5.74, 6) is -0.0821. The summed E-state index contributed by atoms with van der Waals surface area (Å²) in [5, 5.41) is 3.51. The summed E-state index contributed by atoms with van der Waals surface area (Å²) in [4.78, 5) is 31.2. The summed E-state index contributed by atoms with van der Waals surface area (Å²) in [5.41, 5.74) is 8.01. The molecule has 1 fully saturated rings. The number of benzene rings is 1. The third kappa shape index (κ3) is 6.54. The van der Waals surface area contributed by atoms with E-state index in [-0.39, 0.29) is 5.91 Å². The van der Waals surface area contributed by atoms with Gasteiger partial charge in [-0.3, -0.25) is 9.78 Å². The van der Waals surface area contributed by atoms with E-state index in [4.69, 9.17) is 11.6 Å². The summed E-state index contributed by atoms with van der Waals surface area (Å²) in [6.45, 7) is 11.6. The predicted octanol–water partition coefficient (Wildman–Crippen LogP) is 5.62. The molecule has 3 aromatic heterocycles. The van der Waals surface area contributed by atoms with Gasteiger partial charge in [0.05, 0.1) is 28.6 Å². The van der Waals surface area contributed by atoms with Crippen molar-refractivity contribution in [2.24, 2.45) is 7.05 Å². The minimum atomic E-state index is -0.0821. The van der Waals surface area contributed by atoms with Gasteiger partial charge in [0.15, 0.2) is 0 Å². The number of rotatable bonds is 9. The highest BCUT2D eigenvalue weighted by Crippen LogP contribution is 2.29. The van der Waals surface area contributed by atoms with Crippen molar-refractivity contribution in [2.45, 2.75) is 65.6 Å². The van der Waals surface area contributed by atoms with Gasteiger partial charge in [-0.25, -0.2) is 9.97 Å². The largest absolute Gasteiger partial charge is 0.364 e. The molecule has 0 bridgehead atoms. The number of anilines is 1. The monoisotopic (exact) mass is 573 g/mol. The number of aromatic nitrogens is 4. The maximum Gasteiger partial charge on any atom is 0.253 e. The Balaban J connectivity index is 1.21. The van der Waals surface area contributed by atoms with Crippen LogP contribution in [0.5, 0.6) is 0 Å². The summed E-state index contributed by atoms with van der Waals surface area (Å²) in [6, 6.07) is 11.2. The van der Waals surface area contributed by atoms with E-state index in [1.807, 2.05) is 39.6 Å². The second-order valence-electron chi connectivity index (χ2n) is 11.3. The van der Waals surface area contributed by atoms with Crippen LogP contribution < -0.4 is 10.2 Å². The number of likely N-dealkylation sites (tertiary alicyclic amines) is 1. The van der Waals surface area contributed by atoms with Crippen molar-refractivity contribution in [3.05, 3.63) is 82.2 Å². The van der Waals surface area contributed by atoms with E-state index in [1.54, 1.807) is 6.07 Å². The van der Waals surface area contributed by atoms with Gasteiger partial charge in [-0.1, -0.05) is 11.6 Å². The highest BCUT2D eigenvalue weighted by atomic mass is 35.5. The summed E-state index contributed by atoms with van der Waals surface area (Å²) in [6.07, 6.45) is 8.78. The van der Waals surface area contributed by atoms with Crippen molar-refractivity contribution in [3.63, 3.8) is 0 Å². The lowest BCUT2D eigenvalue weighted by Gasteiger charge is -2.42. The maximum absolute atomic E-state index is 12.8. The molecule has 0 aliphatic carbocycles. The molecule has 1 atom stereocenters. The molecule has 0 unspecified atom stereocenters. The van der Waals surface area contributed by atoms with Gasteiger partial charge in [0.1, 0.15) is 5.15 Å². The average Bonchev–Trinajstić information content (AvgIpc) is 3.32. The number of aryl methyl sites for hydroxylation is 4.